The third-order valence-electron chi connectivity index (χ3n) is 3.73. The molecule has 0 saturated carbocycles. The van der Waals surface area contributed by atoms with E-state index < -0.39 is 22.0 Å². The first kappa shape index (κ1) is 20.1. The van der Waals surface area contributed by atoms with Crippen molar-refractivity contribution in [1.29, 1.82) is 0 Å². The van der Waals surface area contributed by atoms with Gasteiger partial charge in [-0.3, -0.25) is 9.52 Å². The van der Waals surface area contributed by atoms with Crippen LogP contribution in [-0.2, 0) is 16.2 Å². The van der Waals surface area contributed by atoms with Gasteiger partial charge in [0.2, 0.25) is 5.76 Å². The number of hydrogen-bond donors (Lipinski definition) is 1. The summed E-state index contributed by atoms with van der Waals surface area (Å²) >= 11 is 0.974. The number of carbonyl (C=O) groups is 1. The summed E-state index contributed by atoms with van der Waals surface area (Å²) < 4.78 is 70.0. The fourth-order valence-electron chi connectivity index (χ4n) is 2.40. The maximum absolute atomic E-state index is 12.7. The van der Waals surface area contributed by atoms with Crippen LogP contribution < -0.4 is 4.72 Å². The minimum absolute atomic E-state index is 0.0997. The Kier molecular flexibility index (Phi) is 5.06. The number of sulfonamides is 1. The first-order chi connectivity index (χ1) is 13.0. The number of benzene rings is 1. The van der Waals surface area contributed by atoms with Gasteiger partial charge < -0.3 is 4.52 Å². The summed E-state index contributed by atoms with van der Waals surface area (Å²) in [5, 5.41) is 3.37. The van der Waals surface area contributed by atoms with Gasteiger partial charge in [0.15, 0.2) is 5.78 Å². The lowest BCUT2D eigenvalue weighted by atomic mass is 10.1. The molecule has 0 aliphatic rings. The largest absolute Gasteiger partial charge is 0.452 e. The zero-order chi connectivity index (χ0) is 20.7. The smallest absolute Gasteiger partial charge is 0.351 e. The summed E-state index contributed by atoms with van der Waals surface area (Å²) in [6, 6.07) is 7.92. The lowest BCUT2D eigenvalue weighted by molar-refractivity contribution is -0.155. The van der Waals surface area contributed by atoms with Gasteiger partial charge in [-0.25, -0.2) is 8.42 Å². The van der Waals surface area contributed by atoms with Crippen LogP contribution in [0.2, 0.25) is 0 Å². The number of carbonyl (C=O) groups excluding carboxylic acids is 1. The SMILES string of the molecule is CC(=O)c1cccc(NS(=O)(=O)c2cc(-c3cc(C(F)(F)F)on3)sc2C)c1. The summed E-state index contributed by atoms with van der Waals surface area (Å²) in [5.41, 5.74) is 0.423. The fourth-order valence-corrected chi connectivity index (χ4v) is 4.99. The van der Waals surface area contributed by atoms with Crippen molar-refractivity contribution in [2.24, 2.45) is 0 Å². The number of Topliss-reactive ketones (excluding diaryl/α,β-unsaturated/α-hetero) is 1. The van der Waals surface area contributed by atoms with E-state index in [1.54, 1.807) is 6.07 Å². The highest BCUT2D eigenvalue weighted by atomic mass is 32.2. The standard InChI is InChI=1S/C17H13F3N2O4S2/c1-9(23)11-4-3-5-12(6-11)22-28(24,25)15-8-14(27-10(15)2)13-7-16(26-21-13)17(18,19)20/h3-8,22H,1-2H3. The van der Waals surface area contributed by atoms with E-state index in [0.29, 0.717) is 16.5 Å². The van der Waals surface area contributed by atoms with Crippen LogP contribution in [0.4, 0.5) is 18.9 Å². The molecular formula is C17H13F3N2O4S2. The summed E-state index contributed by atoms with van der Waals surface area (Å²) in [6.45, 7) is 2.88. The number of ketones is 1. The Balaban J connectivity index is 1.92. The number of thiophene rings is 1. The maximum Gasteiger partial charge on any atom is 0.452 e. The minimum Gasteiger partial charge on any atom is -0.351 e. The van der Waals surface area contributed by atoms with Crippen molar-refractivity contribution in [3.8, 4) is 10.6 Å². The number of nitrogens with zero attached hydrogens (tertiary/aromatic N) is 1. The van der Waals surface area contributed by atoms with Crippen molar-refractivity contribution in [2.45, 2.75) is 24.9 Å². The molecule has 0 saturated heterocycles. The highest BCUT2D eigenvalue weighted by Crippen LogP contribution is 2.37. The third kappa shape index (κ3) is 4.09. The van der Waals surface area contributed by atoms with Gasteiger partial charge in [-0.1, -0.05) is 17.3 Å². The van der Waals surface area contributed by atoms with Gasteiger partial charge in [0.25, 0.3) is 10.0 Å². The van der Waals surface area contributed by atoms with Crippen LogP contribution in [-0.4, -0.2) is 19.4 Å². The number of aromatic nitrogens is 1. The van der Waals surface area contributed by atoms with E-state index in [0.717, 1.165) is 11.3 Å². The number of nitrogens with one attached hydrogen (secondary N) is 1. The van der Waals surface area contributed by atoms with Crippen molar-refractivity contribution in [3.05, 3.63) is 52.6 Å². The van der Waals surface area contributed by atoms with Gasteiger partial charge >= 0.3 is 6.18 Å². The molecule has 0 atom stereocenters. The molecule has 3 rings (SSSR count). The highest BCUT2D eigenvalue weighted by molar-refractivity contribution is 7.93. The number of anilines is 1. The zero-order valence-corrected chi connectivity index (χ0v) is 16.1. The Morgan fingerprint density at radius 2 is 1.93 bits per heavy atom. The molecule has 0 fully saturated rings. The van der Waals surface area contributed by atoms with E-state index in [-0.39, 0.29) is 26.9 Å². The summed E-state index contributed by atoms with van der Waals surface area (Å²) in [4.78, 5) is 11.9. The van der Waals surface area contributed by atoms with Crippen molar-refractivity contribution >= 4 is 32.8 Å². The number of hydrogen-bond acceptors (Lipinski definition) is 6. The Morgan fingerprint density at radius 1 is 1.21 bits per heavy atom. The molecule has 2 heterocycles. The average molecular weight is 430 g/mol. The molecule has 148 valence electrons. The molecule has 0 amide bonds. The topological polar surface area (TPSA) is 89.3 Å². The number of aryl methyl sites for hydroxylation is 1. The molecule has 0 aliphatic heterocycles. The second kappa shape index (κ2) is 7.06. The van der Waals surface area contributed by atoms with E-state index in [1.165, 1.54) is 38.1 Å². The van der Waals surface area contributed by atoms with Gasteiger partial charge in [-0.05, 0) is 32.0 Å². The molecule has 0 bridgehead atoms. The molecule has 28 heavy (non-hydrogen) atoms. The van der Waals surface area contributed by atoms with Gasteiger partial charge in [0.05, 0.1) is 4.88 Å². The Bertz CT molecular complexity index is 1150. The molecule has 0 spiro atoms. The molecule has 0 aliphatic carbocycles. The first-order valence-electron chi connectivity index (χ1n) is 7.76. The zero-order valence-electron chi connectivity index (χ0n) is 14.5. The monoisotopic (exact) mass is 430 g/mol. The van der Waals surface area contributed by atoms with Crippen molar-refractivity contribution in [2.75, 3.05) is 4.72 Å². The molecule has 6 nitrogen and oxygen atoms in total. The highest BCUT2D eigenvalue weighted by Gasteiger charge is 2.36. The Hall–Kier alpha value is -2.66. The summed E-state index contributed by atoms with van der Waals surface area (Å²) in [7, 11) is -4.03. The molecule has 3 aromatic rings. The van der Waals surface area contributed by atoms with Crippen LogP contribution in [0.5, 0.6) is 0 Å². The van der Waals surface area contributed by atoms with Crippen LogP contribution in [0.15, 0.2) is 45.8 Å². The van der Waals surface area contributed by atoms with E-state index >= 15 is 0 Å². The van der Waals surface area contributed by atoms with Gasteiger partial charge in [-0.2, -0.15) is 13.2 Å². The normalized spacial score (nSPS) is 12.2. The molecule has 1 aromatic carbocycles. The van der Waals surface area contributed by atoms with E-state index in [4.69, 9.17) is 0 Å². The summed E-state index contributed by atoms with van der Waals surface area (Å²) in [6.07, 6.45) is -4.68. The van der Waals surface area contributed by atoms with Crippen molar-refractivity contribution in [1.82, 2.24) is 5.16 Å². The predicted molar refractivity (Wildman–Crippen MR) is 96.8 cm³/mol. The van der Waals surface area contributed by atoms with E-state index in [1.807, 2.05) is 0 Å². The number of rotatable bonds is 5. The van der Waals surface area contributed by atoms with Crippen LogP contribution in [0.1, 0.15) is 27.9 Å². The second-order valence-corrected chi connectivity index (χ2v) is 8.75. The van der Waals surface area contributed by atoms with Crippen LogP contribution in [0.25, 0.3) is 10.6 Å². The van der Waals surface area contributed by atoms with Crippen molar-refractivity contribution in [3.63, 3.8) is 0 Å². The van der Waals surface area contributed by atoms with Gasteiger partial charge in [0.1, 0.15) is 10.6 Å². The van der Waals surface area contributed by atoms with Crippen LogP contribution in [0, 0.1) is 6.92 Å². The lowest BCUT2D eigenvalue weighted by Crippen LogP contribution is -2.13. The summed E-state index contributed by atoms with van der Waals surface area (Å²) in [5.74, 6) is -1.49. The molecule has 0 unspecified atom stereocenters. The predicted octanol–water partition coefficient (Wildman–Crippen LogP) is 4.73. The minimum atomic E-state index is -4.68. The van der Waals surface area contributed by atoms with E-state index in [9.17, 15) is 26.4 Å². The van der Waals surface area contributed by atoms with Gasteiger partial charge in [-0.15, -0.1) is 11.3 Å². The molecule has 11 heteroatoms. The number of halogens is 3. The Morgan fingerprint density at radius 3 is 2.54 bits per heavy atom. The fraction of sp³-hybridized carbons (Fsp3) is 0.176. The molecule has 0 radical (unpaired) electrons. The Labute approximate surface area is 162 Å². The number of alkyl halides is 3. The average Bonchev–Trinajstić information content (AvgIpc) is 3.21. The van der Waals surface area contributed by atoms with Crippen LogP contribution >= 0.6 is 11.3 Å². The van der Waals surface area contributed by atoms with Gasteiger partial charge in [0, 0.05) is 22.2 Å². The van der Waals surface area contributed by atoms with Crippen LogP contribution in [0.3, 0.4) is 0 Å². The molecular weight excluding hydrogens is 417 g/mol. The van der Waals surface area contributed by atoms with Crippen molar-refractivity contribution < 1.29 is 30.9 Å². The first-order valence-corrected chi connectivity index (χ1v) is 10.1. The third-order valence-corrected chi connectivity index (χ3v) is 6.43. The lowest BCUT2D eigenvalue weighted by Gasteiger charge is -2.08. The maximum atomic E-state index is 12.7. The second-order valence-electron chi connectivity index (χ2n) is 5.85. The van der Waals surface area contributed by atoms with E-state index in [2.05, 4.69) is 14.4 Å². The molecule has 1 N–H and O–H groups in total. The quantitative estimate of drug-likeness (QED) is 0.591. The molecule has 2 aromatic heterocycles.